The highest BCUT2D eigenvalue weighted by molar-refractivity contribution is 5.71. The summed E-state index contributed by atoms with van der Waals surface area (Å²) in [5.74, 6) is -1.30. The first-order valence-electron chi connectivity index (χ1n) is 7.63. The number of ether oxygens (including phenoxy) is 1. The number of carboxylic acid groups (broad SMARTS) is 1. The zero-order chi connectivity index (χ0) is 18.7. The molecule has 0 spiro atoms. The fourth-order valence-electron chi connectivity index (χ4n) is 2.40. The molecule has 0 unspecified atom stereocenters. The Bertz CT molecular complexity index is 920. The second kappa shape index (κ2) is 7.14. The number of aromatic hydroxyl groups is 2. The number of halogens is 1. The van der Waals surface area contributed by atoms with Gasteiger partial charge in [0.1, 0.15) is 11.6 Å². The van der Waals surface area contributed by atoms with Crippen LogP contribution in [0.1, 0.15) is 11.1 Å². The molecule has 0 atom stereocenters. The van der Waals surface area contributed by atoms with Gasteiger partial charge in [-0.2, -0.15) is 0 Å². The van der Waals surface area contributed by atoms with Crippen molar-refractivity contribution in [2.24, 2.45) is 0 Å². The lowest BCUT2D eigenvalue weighted by Crippen LogP contribution is -2.02. The van der Waals surface area contributed by atoms with Gasteiger partial charge in [0.25, 0.3) is 0 Å². The number of rotatable bonds is 6. The molecular weight excluding hydrogens is 343 g/mol. The number of carboxylic acids is 1. The molecule has 2 aromatic heterocycles. The average molecular weight is 358 g/mol. The van der Waals surface area contributed by atoms with E-state index in [1.807, 2.05) is 0 Å². The summed E-state index contributed by atoms with van der Waals surface area (Å²) < 4.78 is 19.5. The maximum absolute atomic E-state index is 12.9. The molecule has 0 saturated heterocycles. The van der Waals surface area contributed by atoms with E-state index in [0.717, 1.165) is 0 Å². The van der Waals surface area contributed by atoms with Crippen LogP contribution in [0.5, 0.6) is 23.4 Å². The monoisotopic (exact) mass is 358 g/mol. The fourth-order valence-corrected chi connectivity index (χ4v) is 2.40. The smallest absolute Gasteiger partial charge is 0.308 e. The third-order valence-corrected chi connectivity index (χ3v) is 3.64. The second-order valence-corrected chi connectivity index (χ2v) is 5.57. The molecule has 0 aliphatic heterocycles. The molecule has 0 bridgehead atoms. The zero-order valence-electron chi connectivity index (χ0n) is 13.5. The molecule has 3 aromatic rings. The summed E-state index contributed by atoms with van der Waals surface area (Å²) in [6.45, 7) is 0.0983. The highest BCUT2D eigenvalue weighted by Crippen LogP contribution is 2.29. The molecule has 0 aliphatic rings. The number of hydrogen-bond acceptors (Lipinski definition) is 5. The SMILES string of the molecule is O=C(O)Cc1cc(O)n(Cc2ccc(Oc3ccc(F)cc3)nc2)c1O. The van der Waals surface area contributed by atoms with E-state index >= 15 is 0 Å². The van der Waals surface area contributed by atoms with Crippen molar-refractivity contribution in [3.8, 4) is 23.4 Å². The summed E-state index contributed by atoms with van der Waals surface area (Å²) in [5, 5.41) is 28.7. The van der Waals surface area contributed by atoms with Crippen LogP contribution >= 0.6 is 0 Å². The topological polar surface area (TPSA) is 105 Å². The van der Waals surface area contributed by atoms with E-state index in [1.165, 1.54) is 41.1 Å². The Morgan fingerprint density at radius 3 is 2.50 bits per heavy atom. The lowest BCUT2D eigenvalue weighted by molar-refractivity contribution is -0.136. The van der Waals surface area contributed by atoms with Crippen LogP contribution in [-0.2, 0) is 17.8 Å². The fraction of sp³-hybridized carbons (Fsp3) is 0.111. The summed E-state index contributed by atoms with van der Waals surface area (Å²) in [4.78, 5) is 14.9. The van der Waals surface area contributed by atoms with E-state index < -0.39 is 12.4 Å². The molecule has 0 saturated carbocycles. The lowest BCUT2D eigenvalue weighted by Gasteiger charge is -2.08. The molecule has 0 fully saturated rings. The van der Waals surface area contributed by atoms with Crippen molar-refractivity contribution in [2.75, 3.05) is 0 Å². The minimum Gasteiger partial charge on any atom is -0.494 e. The van der Waals surface area contributed by atoms with Gasteiger partial charge in [0.15, 0.2) is 11.8 Å². The summed E-state index contributed by atoms with van der Waals surface area (Å²) in [6, 6.07) is 9.99. The maximum Gasteiger partial charge on any atom is 0.308 e. The predicted octanol–water partition coefficient (Wildman–Crippen LogP) is 2.90. The van der Waals surface area contributed by atoms with E-state index in [2.05, 4.69) is 4.98 Å². The van der Waals surface area contributed by atoms with Gasteiger partial charge in [0.2, 0.25) is 5.88 Å². The Hall–Kier alpha value is -3.55. The van der Waals surface area contributed by atoms with Crippen molar-refractivity contribution in [2.45, 2.75) is 13.0 Å². The van der Waals surface area contributed by atoms with Crippen molar-refractivity contribution >= 4 is 5.97 Å². The quantitative estimate of drug-likeness (QED) is 0.626. The first kappa shape index (κ1) is 17.3. The molecule has 0 aliphatic carbocycles. The van der Waals surface area contributed by atoms with Crippen molar-refractivity contribution in [3.05, 3.63) is 65.6 Å². The first-order valence-corrected chi connectivity index (χ1v) is 7.63. The van der Waals surface area contributed by atoms with Gasteiger partial charge in [-0.15, -0.1) is 0 Å². The van der Waals surface area contributed by atoms with Gasteiger partial charge in [-0.05, 0) is 29.8 Å². The Morgan fingerprint density at radius 1 is 1.15 bits per heavy atom. The Kier molecular flexibility index (Phi) is 4.74. The molecule has 3 N–H and O–H groups in total. The molecular formula is C18H15FN2O5. The van der Waals surface area contributed by atoms with E-state index in [9.17, 15) is 19.4 Å². The number of pyridine rings is 1. The van der Waals surface area contributed by atoms with Crippen molar-refractivity contribution in [3.63, 3.8) is 0 Å². The third kappa shape index (κ3) is 3.92. The van der Waals surface area contributed by atoms with Gasteiger partial charge in [0.05, 0.1) is 13.0 Å². The highest BCUT2D eigenvalue weighted by Gasteiger charge is 2.16. The summed E-state index contributed by atoms with van der Waals surface area (Å²) in [7, 11) is 0. The van der Waals surface area contributed by atoms with Gasteiger partial charge >= 0.3 is 5.97 Å². The molecule has 26 heavy (non-hydrogen) atoms. The normalized spacial score (nSPS) is 10.7. The summed E-state index contributed by atoms with van der Waals surface area (Å²) in [5.41, 5.74) is 0.777. The van der Waals surface area contributed by atoms with Gasteiger partial charge in [0, 0.05) is 23.9 Å². The Balaban J connectivity index is 1.72. The van der Waals surface area contributed by atoms with E-state index in [0.29, 0.717) is 17.2 Å². The molecule has 0 radical (unpaired) electrons. The van der Waals surface area contributed by atoms with Crippen LogP contribution in [0.4, 0.5) is 4.39 Å². The number of carbonyl (C=O) groups is 1. The van der Waals surface area contributed by atoms with Crippen LogP contribution in [0.15, 0.2) is 48.7 Å². The van der Waals surface area contributed by atoms with Crippen LogP contribution in [-0.4, -0.2) is 30.8 Å². The molecule has 3 rings (SSSR count). The molecule has 134 valence electrons. The minimum absolute atomic E-state index is 0.0983. The van der Waals surface area contributed by atoms with Crippen molar-refractivity contribution in [1.82, 2.24) is 9.55 Å². The van der Waals surface area contributed by atoms with Crippen LogP contribution < -0.4 is 4.74 Å². The second-order valence-electron chi connectivity index (χ2n) is 5.57. The van der Waals surface area contributed by atoms with Gasteiger partial charge in [-0.25, -0.2) is 9.37 Å². The van der Waals surface area contributed by atoms with E-state index in [-0.39, 0.29) is 29.7 Å². The Morgan fingerprint density at radius 2 is 1.88 bits per heavy atom. The maximum atomic E-state index is 12.9. The van der Waals surface area contributed by atoms with Crippen LogP contribution in [0, 0.1) is 5.82 Å². The predicted molar refractivity (Wildman–Crippen MR) is 88.9 cm³/mol. The van der Waals surface area contributed by atoms with Crippen molar-refractivity contribution in [1.29, 1.82) is 0 Å². The average Bonchev–Trinajstić information content (AvgIpc) is 2.85. The number of aliphatic carboxylic acids is 1. The van der Waals surface area contributed by atoms with Crippen LogP contribution in [0.3, 0.4) is 0 Å². The van der Waals surface area contributed by atoms with Crippen LogP contribution in [0.2, 0.25) is 0 Å². The largest absolute Gasteiger partial charge is 0.494 e. The number of hydrogen-bond donors (Lipinski definition) is 3. The highest BCUT2D eigenvalue weighted by atomic mass is 19.1. The van der Waals surface area contributed by atoms with Gasteiger partial charge in [-0.3, -0.25) is 9.36 Å². The minimum atomic E-state index is -1.11. The van der Waals surface area contributed by atoms with Gasteiger partial charge < -0.3 is 20.1 Å². The zero-order valence-corrected chi connectivity index (χ0v) is 13.5. The first-order chi connectivity index (χ1) is 12.4. The van der Waals surface area contributed by atoms with Crippen molar-refractivity contribution < 1.29 is 29.2 Å². The summed E-state index contributed by atoms with van der Waals surface area (Å²) in [6.07, 6.45) is 1.10. The standard InChI is InChI=1S/C18H15FN2O5/c19-13-2-4-14(5-3-13)26-15-6-1-11(9-20-15)10-21-16(22)7-12(18(21)25)8-17(23)24/h1-7,9,22,25H,8,10H2,(H,23,24). The molecule has 7 nitrogen and oxygen atoms in total. The van der Waals surface area contributed by atoms with E-state index in [4.69, 9.17) is 9.84 Å². The molecule has 8 heteroatoms. The number of aromatic nitrogens is 2. The van der Waals surface area contributed by atoms with Crippen LogP contribution in [0.25, 0.3) is 0 Å². The molecule has 0 amide bonds. The molecule has 2 heterocycles. The third-order valence-electron chi connectivity index (χ3n) is 3.64. The van der Waals surface area contributed by atoms with Gasteiger partial charge in [-0.1, -0.05) is 6.07 Å². The lowest BCUT2D eigenvalue weighted by atomic mass is 10.2. The number of nitrogens with zero attached hydrogens (tertiary/aromatic N) is 2. The molecule has 1 aromatic carbocycles. The summed E-state index contributed by atoms with van der Waals surface area (Å²) >= 11 is 0. The van der Waals surface area contributed by atoms with E-state index in [1.54, 1.807) is 12.1 Å². The Labute approximate surface area is 147 Å². The number of benzene rings is 1.